The van der Waals surface area contributed by atoms with Crippen LogP contribution in [0.15, 0.2) is 42.5 Å². The van der Waals surface area contributed by atoms with Gasteiger partial charge in [0.05, 0.1) is 42.8 Å². The maximum absolute atomic E-state index is 12.3. The van der Waals surface area contributed by atoms with Crippen molar-refractivity contribution in [2.24, 2.45) is 5.41 Å². The van der Waals surface area contributed by atoms with Crippen molar-refractivity contribution >= 4 is 33.1 Å². The predicted molar refractivity (Wildman–Crippen MR) is 122 cm³/mol. The zero-order chi connectivity index (χ0) is 21.0. The average Bonchev–Trinajstić information content (AvgIpc) is 3.04. The highest BCUT2D eigenvalue weighted by Gasteiger charge is 2.24. The standard InChI is InChI=1S/C23H30N4OS/c1-16-6-11-19-20(12-16)29-22(26-19)17-7-9-18(10-8-17)25-21(28)13-24-14-23(2,3)15-27(4)5/h6-12,24H,13-15H2,1-5H3,(H,25,28)/p+2. The van der Waals surface area contributed by atoms with Crippen molar-refractivity contribution in [2.75, 3.05) is 39.0 Å². The largest absolute Gasteiger partial charge is 0.339 e. The number of nitrogens with one attached hydrogen (secondary N) is 2. The molecule has 3 rings (SSSR count). The molecule has 3 aromatic rings. The molecule has 0 bridgehead atoms. The maximum Gasteiger partial charge on any atom is 0.279 e. The minimum absolute atomic E-state index is 0.0289. The molecule has 29 heavy (non-hydrogen) atoms. The molecule has 6 heteroatoms. The van der Waals surface area contributed by atoms with Gasteiger partial charge in [0, 0.05) is 11.3 Å². The molecular weight excluding hydrogens is 380 g/mol. The molecule has 2 aromatic carbocycles. The quantitative estimate of drug-likeness (QED) is 0.530. The number of carbonyl (C=O) groups is 1. The van der Waals surface area contributed by atoms with E-state index in [-0.39, 0.29) is 11.3 Å². The van der Waals surface area contributed by atoms with Crippen molar-refractivity contribution < 1.29 is 15.0 Å². The van der Waals surface area contributed by atoms with E-state index in [2.05, 4.69) is 63.7 Å². The molecule has 0 saturated carbocycles. The van der Waals surface area contributed by atoms with Gasteiger partial charge in [-0.2, -0.15) is 0 Å². The predicted octanol–water partition coefficient (Wildman–Crippen LogP) is 1.94. The number of fused-ring (bicyclic) bond motifs is 1. The Bertz CT molecular complexity index is 976. The summed E-state index contributed by atoms with van der Waals surface area (Å²) in [6.07, 6.45) is 0. The summed E-state index contributed by atoms with van der Waals surface area (Å²) >= 11 is 1.70. The molecule has 1 aromatic heterocycles. The highest BCUT2D eigenvalue weighted by atomic mass is 32.1. The number of amides is 1. The van der Waals surface area contributed by atoms with Crippen LogP contribution in [-0.4, -0.2) is 44.6 Å². The van der Waals surface area contributed by atoms with Crippen LogP contribution in [-0.2, 0) is 4.79 Å². The number of aromatic nitrogens is 1. The monoisotopic (exact) mass is 412 g/mol. The van der Waals surface area contributed by atoms with Crippen LogP contribution in [0.1, 0.15) is 19.4 Å². The van der Waals surface area contributed by atoms with Crippen molar-refractivity contribution in [3.63, 3.8) is 0 Å². The fourth-order valence-electron chi connectivity index (χ4n) is 3.69. The smallest absolute Gasteiger partial charge is 0.279 e. The Kier molecular flexibility index (Phi) is 6.67. The molecule has 154 valence electrons. The van der Waals surface area contributed by atoms with E-state index >= 15 is 0 Å². The third-order valence-corrected chi connectivity index (χ3v) is 5.89. The van der Waals surface area contributed by atoms with E-state index in [1.165, 1.54) is 15.2 Å². The van der Waals surface area contributed by atoms with Gasteiger partial charge in [-0.3, -0.25) is 4.79 Å². The van der Waals surface area contributed by atoms with E-state index in [1.54, 1.807) is 11.3 Å². The van der Waals surface area contributed by atoms with E-state index in [0.29, 0.717) is 6.54 Å². The van der Waals surface area contributed by atoms with Crippen LogP contribution in [0.25, 0.3) is 20.8 Å². The summed E-state index contributed by atoms with van der Waals surface area (Å²) < 4.78 is 1.20. The molecule has 1 heterocycles. The molecule has 0 aliphatic heterocycles. The number of nitrogens with zero attached hydrogens (tertiary/aromatic N) is 1. The van der Waals surface area contributed by atoms with Crippen molar-refractivity contribution in [3.8, 4) is 10.6 Å². The van der Waals surface area contributed by atoms with Crippen LogP contribution < -0.4 is 15.5 Å². The first kappa shape index (κ1) is 21.4. The number of carbonyl (C=O) groups excluding carboxylic acids is 1. The first-order chi connectivity index (χ1) is 13.7. The molecular formula is C23H32N4OS+2. The topological polar surface area (TPSA) is 63.0 Å². The minimum Gasteiger partial charge on any atom is -0.339 e. The number of benzene rings is 2. The molecule has 0 unspecified atom stereocenters. The van der Waals surface area contributed by atoms with Gasteiger partial charge in [-0.25, -0.2) is 4.98 Å². The molecule has 0 radical (unpaired) electrons. The molecule has 4 N–H and O–H groups in total. The van der Waals surface area contributed by atoms with Gasteiger partial charge in [0.1, 0.15) is 5.01 Å². The van der Waals surface area contributed by atoms with Crippen molar-refractivity contribution in [1.29, 1.82) is 0 Å². The lowest BCUT2D eigenvalue weighted by Gasteiger charge is -2.23. The van der Waals surface area contributed by atoms with Gasteiger partial charge >= 0.3 is 0 Å². The number of nitrogens with two attached hydrogens (primary N) is 1. The Hall–Kier alpha value is -2.28. The summed E-state index contributed by atoms with van der Waals surface area (Å²) in [4.78, 5) is 18.4. The lowest BCUT2D eigenvalue weighted by Crippen LogP contribution is -3.08. The third-order valence-electron chi connectivity index (χ3n) is 4.82. The second-order valence-electron chi connectivity index (χ2n) is 8.86. The molecule has 0 atom stereocenters. The number of thiazole rings is 1. The van der Waals surface area contributed by atoms with E-state index in [0.717, 1.165) is 34.9 Å². The van der Waals surface area contributed by atoms with Gasteiger partial charge in [-0.05, 0) is 62.7 Å². The summed E-state index contributed by atoms with van der Waals surface area (Å²) in [5, 5.41) is 6.08. The number of hydrogen-bond acceptors (Lipinski definition) is 3. The van der Waals surface area contributed by atoms with Crippen molar-refractivity contribution in [3.05, 3.63) is 48.0 Å². The normalized spacial score (nSPS) is 11.9. The van der Waals surface area contributed by atoms with E-state index in [1.807, 2.05) is 24.3 Å². The summed E-state index contributed by atoms with van der Waals surface area (Å²) in [6.45, 7) is 9.04. The second-order valence-corrected chi connectivity index (χ2v) is 9.89. The van der Waals surface area contributed by atoms with Crippen molar-refractivity contribution in [1.82, 2.24) is 4.98 Å². The van der Waals surface area contributed by atoms with E-state index in [9.17, 15) is 4.79 Å². The average molecular weight is 413 g/mol. The molecule has 0 aliphatic carbocycles. The van der Waals surface area contributed by atoms with Gasteiger partial charge in [-0.1, -0.05) is 6.07 Å². The third kappa shape index (κ3) is 6.10. The summed E-state index contributed by atoms with van der Waals surface area (Å²) in [5.74, 6) is 0.0289. The molecule has 1 amide bonds. The Morgan fingerprint density at radius 1 is 1.17 bits per heavy atom. The van der Waals surface area contributed by atoms with Crippen LogP contribution in [0.5, 0.6) is 0 Å². The molecule has 0 saturated heterocycles. The highest BCUT2D eigenvalue weighted by Crippen LogP contribution is 2.31. The Morgan fingerprint density at radius 2 is 1.90 bits per heavy atom. The van der Waals surface area contributed by atoms with Crippen LogP contribution in [0.3, 0.4) is 0 Å². The maximum atomic E-state index is 12.3. The van der Waals surface area contributed by atoms with Gasteiger partial charge < -0.3 is 15.5 Å². The molecule has 0 aliphatic rings. The van der Waals surface area contributed by atoms with E-state index in [4.69, 9.17) is 4.98 Å². The van der Waals surface area contributed by atoms with Gasteiger partial charge in [0.2, 0.25) is 0 Å². The summed E-state index contributed by atoms with van der Waals surface area (Å²) in [7, 11) is 4.32. The molecule has 0 spiro atoms. The Labute approximate surface area is 177 Å². The lowest BCUT2D eigenvalue weighted by molar-refractivity contribution is -0.868. The fourth-order valence-corrected chi connectivity index (χ4v) is 4.76. The molecule has 5 nitrogen and oxygen atoms in total. The number of anilines is 1. The Morgan fingerprint density at radius 3 is 2.59 bits per heavy atom. The SMILES string of the molecule is Cc1ccc2nc(-c3ccc(NC(=O)C[NH2+]CC(C)(C)C[NH+](C)C)cc3)sc2c1. The summed E-state index contributed by atoms with van der Waals surface area (Å²) in [5.41, 5.74) is 4.37. The zero-order valence-corrected chi connectivity index (χ0v) is 18.8. The fraction of sp³-hybridized carbons (Fsp3) is 0.391. The first-order valence-corrected chi connectivity index (χ1v) is 10.9. The van der Waals surface area contributed by atoms with Crippen LogP contribution in [0.4, 0.5) is 5.69 Å². The minimum atomic E-state index is 0.0289. The highest BCUT2D eigenvalue weighted by molar-refractivity contribution is 7.21. The number of rotatable bonds is 8. The van der Waals surface area contributed by atoms with Crippen LogP contribution >= 0.6 is 11.3 Å². The van der Waals surface area contributed by atoms with Gasteiger partial charge in [-0.15, -0.1) is 11.3 Å². The second kappa shape index (κ2) is 9.03. The number of quaternary nitrogens is 2. The van der Waals surface area contributed by atoms with E-state index < -0.39 is 0 Å². The molecule has 0 fully saturated rings. The Balaban J connectivity index is 1.55. The van der Waals surface area contributed by atoms with Crippen molar-refractivity contribution in [2.45, 2.75) is 20.8 Å². The first-order valence-electron chi connectivity index (χ1n) is 10.1. The van der Waals surface area contributed by atoms with Gasteiger partial charge in [0.15, 0.2) is 6.54 Å². The lowest BCUT2D eigenvalue weighted by atomic mass is 9.93. The number of hydrogen-bond donors (Lipinski definition) is 3. The number of aryl methyl sites for hydroxylation is 1. The van der Waals surface area contributed by atoms with Crippen LogP contribution in [0.2, 0.25) is 0 Å². The van der Waals surface area contributed by atoms with Gasteiger partial charge in [0.25, 0.3) is 5.91 Å². The van der Waals surface area contributed by atoms with Crippen LogP contribution in [0, 0.1) is 12.3 Å². The summed E-state index contributed by atoms with van der Waals surface area (Å²) in [6, 6.07) is 14.3. The zero-order valence-electron chi connectivity index (χ0n) is 18.0.